The van der Waals surface area contributed by atoms with Crippen molar-refractivity contribution in [2.45, 2.75) is 24.9 Å². The second kappa shape index (κ2) is 4.52. The summed E-state index contributed by atoms with van der Waals surface area (Å²) in [4.78, 5) is 9.87. The summed E-state index contributed by atoms with van der Waals surface area (Å²) in [6.07, 6.45) is -0.577. The Hall–Kier alpha value is -0.950. The number of halogens is 1. The summed E-state index contributed by atoms with van der Waals surface area (Å²) in [5.41, 5.74) is 0.678. The van der Waals surface area contributed by atoms with Gasteiger partial charge < -0.3 is 15.2 Å². The molecule has 78 valence electrons. The number of alkyl halides is 1. The Morgan fingerprint density at radius 3 is 2.93 bits per heavy atom. The molecule has 0 amide bonds. The zero-order valence-electron chi connectivity index (χ0n) is 7.55. The Morgan fingerprint density at radius 2 is 2.50 bits per heavy atom. The Morgan fingerprint density at radius 1 is 1.86 bits per heavy atom. The number of aliphatic hydroxyl groups excluding tert-OH is 1. The number of nitro groups is 1. The van der Waals surface area contributed by atoms with Crippen LogP contribution in [-0.4, -0.2) is 25.9 Å². The lowest BCUT2D eigenvalue weighted by Crippen LogP contribution is -2.14. The van der Waals surface area contributed by atoms with Gasteiger partial charge in [-0.05, 0) is 11.8 Å². The van der Waals surface area contributed by atoms with Gasteiger partial charge in [-0.1, -0.05) is 15.9 Å². The SMILES string of the molecule is CC(O)Cn1nc([N+](=O)[O-])cc1CBr. The van der Waals surface area contributed by atoms with Crippen LogP contribution in [0.1, 0.15) is 12.6 Å². The summed E-state index contributed by atoms with van der Waals surface area (Å²) < 4.78 is 1.43. The number of hydrogen-bond acceptors (Lipinski definition) is 4. The molecular weight excluding hydrogens is 254 g/mol. The first-order valence-electron chi connectivity index (χ1n) is 3.99. The minimum atomic E-state index is -0.577. The van der Waals surface area contributed by atoms with Crippen LogP contribution < -0.4 is 0 Å². The van der Waals surface area contributed by atoms with Crippen LogP contribution in [0, 0.1) is 10.1 Å². The lowest BCUT2D eigenvalue weighted by atomic mass is 10.4. The molecular formula is C7H10BrN3O3. The summed E-state index contributed by atoms with van der Waals surface area (Å²) in [6.45, 7) is 1.86. The van der Waals surface area contributed by atoms with Crippen LogP contribution in [0.5, 0.6) is 0 Å². The molecule has 0 aromatic carbocycles. The fraction of sp³-hybridized carbons (Fsp3) is 0.571. The number of aromatic nitrogens is 2. The van der Waals surface area contributed by atoms with E-state index in [1.165, 1.54) is 10.7 Å². The Balaban J connectivity index is 2.96. The van der Waals surface area contributed by atoms with Crippen molar-refractivity contribution in [3.8, 4) is 0 Å². The van der Waals surface area contributed by atoms with E-state index in [0.29, 0.717) is 11.0 Å². The zero-order chi connectivity index (χ0) is 10.7. The topological polar surface area (TPSA) is 81.2 Å². The zero-order valence-corrected chi connectivity index (χ0v) is 9.14. The highest BCUT2D eigenvalue weighted by Gasteiger charge is 2.17. The Labute approximate surface area is 88.8 Å². The third kappa shape index (κ3) is 2.52. The van der Waals surface area contributed by atoms with Crippen LogP contribution in [0.3, 0.4) is 0 Å². The van der Waals surface area contributed by atoms with E-state index >= 15 is 0 Å². The van der Waals surface area contributed by atoms with E-state index in [2.05, 4.69) is 21.0 Å². The van der Waals surface area contributed by atoms with Gasteiger partial charge in [0.25, 0.3) is 0 Å². The molecule has 0 saturated heterocycles. The summed E-state index contributed by atoms with van der Waals surface area (Å²) >= 11 is 3.20. The molecule has 14 heavy (non-hydrogen) atoms. The maximum Gasteiger partial charge on any atom is 0.390 e. The van der Waals surface area contributed by atoms with Gasteiger partial charge in [0.15, 0.2) is 0 Å². The van der Waals surface area contributed by atoms with E-state index in [-0.39, 0.29) is 12.4 Å². The van der Waals surface area contributed by atoms with E-state index in [1.807, 2.05) is 0 Å². The van der Waals surface area contributed by atoms with Crippen LogP contribution in [0.15, 0.2) is 6.07 Å². The van der Waals surface area contributed by atoms with Crippen molar-refractivity contribution >= 4 is 21.7 Å². The van der Waals surface area contributed by atoms with Crippen molar-refractivity contribution in [3.05, 3.63) is 21.9 Å². The lowest BCUT2D eigenvalue weighted by molar-refractivity contribution is -0.389. The van der Waals surface area contributed by atoms with Crippen LogP contribution in [0.4, 0.5) is 5.82 Å². The van der Waals surface area contributed by atoms with Crippen molar-refractivity contribution < 1.29 is 10.0 Å². The van der Waals surface area contributed by atoms with E-state index in [1.54, 1.807) is 6.92 Å². The van der Waals surface area contributed by atoms with Gasteiger partial charge in [0.2, 0.25) is 0 Å². The number of rotatable bonds is 4. The van der Waals surface area contributed by atoms with Crippen LogP contribution in [0.25, 0.3) is 0 Å². The maximum atomic E-state index is 10.4. The van der Waals surface area contributed by atoms with Crippen molar-refractivity contribution in [3.63, 3.8) is 0 Å². The van der Waals surface area contributed by atoms with Gasteiger partial charge >= 0.3 is 5.82 Å². The average molecular weight is 264 g/mol. The standard InChI is InChI=1S/C7H10BrN3O3/c1-5(12)4-10-6(3-8)2-7(9-10)11(13)14/h2,5,12H,3-4H2,1H3. The third-order valence-corrected chi connectivity index (χ3v) is 2.19. The molecule has 1 aromatic rings. The average Bonchev–Trinajstić information content (AvgIpc) is 2.46. The molecule has 1 heterocycles. The van der Waals surface area contributed by atoms with Gasteiger partial charge in [-0.15, -0.1) is 0 Å². The van der Waals surface area contributed by atoms with Gasteiger partial charge in [-0.2, -0.15) is 4.68 Å². The van der Waals surface area contributed by atoms with Gasteiger partial charge in [0.1, 0.15) is 0 Å². The largest absolute Gasteiger partial charge is 0.391 e. The molecule has 1 rings (SSSR count). The predicted molar refractivity (Wildman–Crippen MR) is 53.2 cm³/mol. The summed E-state index contributed by atoms with van der Waals surface area (Å²) in [7, 11) is 0. The van der Waals surface area contributed by atoms with Gasteiger partial charge in [-0.3, -0.25) is 0 Å². The third-order valence-electron chi connectivity index (χ3n) is 1.61. The molecule has 7 heteroatoms. The van der Waals surface area contributed by atoms with E-state index in [0.717, 1.165) is 0 Å². The molecule has 1 atom stereocenters. The van der Waals surface area contributed by atoms with E-state index < -0.39 is 11.0 Å². The molecule has 0 bridgehead atoms. The first kappa shape index (κ1) is 11.1. The van der Waals surface area contributed by atoms with Crippen LogP contribution >= 0.6 is 15.9 Å². The molecule has 6 nitrogen and oxygen atoms in total. The molecule has 1 aromatic heterocycles. The molecule has 1 N–H and O–H groups in total. The fourth-order valence-electron chi connectivity index (χ4n) is 1.05. The fourth-order valence-corrected chi connectivity index (χ4v) is 1.50. The van der Waals surface area contributed by atoms with Crippen molar-refractivity contribution in [1.29, 1.82) is 0 Å². The highest BCUT2D eigenvalue weighted by molar-refractivity contribution is 9.08. The first-order valence-corrected chi connectivity index (χ1v) is 5.12. The summed E-state index contributed by atoms with van der Waals surface area (Å²) in [5, 5.41) is 23.8. The minimum absolute atomic E-state index is 0.194. The van der Waals surface area contributed by atoms with E-state index in [9.17, 15) is 10.1 Å². The molecule has 0 aliphatic rings. The predicted octanol–water partition coefficient (Wildman–Crippen LogP) is 1.07. The highest BCUT2D eigenvalue weighted by Crippen LogP contribution is 2.14. The second-order valence-electron chi connectivity index (χ2n) is 2.92. The number of nitrogens with zero attached hydrogens (tertiary/aromatic N) is 3. The molecule has 0 radical (unpaired) electrons. The van der Waals surface area contributed by atoms with Crippen LogP contribution in [0.2, 0.25) is 0 Å². The Kier molecular flexibility index (Phi) is 3.59. The molecule has 0 saturated carbocycles. The molecule has 0 spiro atoms. The molecule has 0 fully saturated rings. The summed E-state index contributed by atoms with van der Waals surface area (Å²) in [5.74, 6) is -0.194. The minimum Gasteiger partial charge on any atom is -0.391 e. The highest BCUT2D eigenvalue weighted by atomic mass is 79.9. The monoisotopic (exact) mass is 263 g/mol. The van der Waals surface area contributed by atoms with Gasteiger partial charge in [0, 0.05) is 5.33 Å². The van der Waals surface area contributed by atoms with Crippen LogP contribution in [-0.2, 0) is 11.9 Å². The Bertz CT molecular complexity index is 337. The van der Waals surface area contributed by atoms with Crippen molar-refractivity contribution in [2.75, 3.05) is 0 Å². The maximum absolute atomic E-state index is 10.4. The summed E-state index contributed by atoms with van der Waals surface area (Å²) in [6, 6.07) is 1.39. The first-order chi connectivity index (χ1) is 6.54. The van der Waals surface area contributed by atoms with Crippen molar-refractivity contribution in [2.24, 2.45) is 0 Å². The van der Waals surface area contributed by atoms with Crippen molar-refractivity contribution in [1.82, 2.24) is 9.78 Å². The lowest BCUT2D eigenvalue weighted by Gasteiger charge is -2.02. The molecule has 0 aliphatic carbocycles. The molecule has 1 unspecified atom stereocenters. The van der Waals surface area contributed by atoms with Gasteiger partial charge in [0.05, 0.1) is 29.5 Å². The quantitative estimate of drug-likeness (QED) is 0.501. The molecule has 0 aliphatic heterocycles. The number of hydrogen-bond donors (Lipinski definition) is 1. The second-order valence-corrected chi connectivity index (χ2v) is 3.48. The number of aliphatic hydroxyl groups is 1. The van der Waals surface area contributed by atoms with Gasteiger partial charge in [-0.25, -0.2) is 0 Å². The van der Waals surface area contributed by atoms with E-state index in [4.69, 9.17) is 5.11 Å². The smallest absolute Gasteiger partial charge is 0.390 e. The normalized spacial score (nSPS) is 12.8.